The molecule has 0 saturated heterocycles. The molecule has 0 bridgehead atoms. The van der Waals surface area contributed by atoms with E-state index in [0.717, 1.165) is 12.8 Å². The van der Waals surface area contributed by atoms with E-state index in [1.54, 1.807) is 36.4 Å². The van der Waals surface area contributed by atoms with Gasteiger partial charge in [0.1, 0.15) is 0 Å². The van der Waals surface area contributed by atoms with Crippen molar-refractivity contribution in [3.63, 3.8) is 0 Å². The van der Waals surface area contributed by atoms with E-state index in [0.29, 0.717) is 17.8 Å². The SMILES string of the molecule is CCCCCCNC(=O)c1ccc(NC(=O)c2ccco2)cc1. The number of unbranched alkanes of at least 4 members (excludes halogenated alkanes) is 3. The Hall–Kier alpha value is -2.56. The van der Waals surface area contributed by atoms with Crippen LogP contribution in [0.5, 0.6) is 0 Å². The summed E-state index contributed by atoms with van der Waals surface area (Å²) in [6.07, 6.45) is 5.95. The highest BCUT2D eigenvalue weighted by molar-refractivity contribution is 6.02. The zero-order valence-electron chi connectivity index (χ0n) is 13.3. The molecule has 0 radical (unpaired) electrons. The zero-order chi connectivity index (χ0) is 16.5. The van der Waals surface area contributed by atoms with Crippen LogP contribution in [0.1, 0.15) is 53.5 Å². The van der Waals surface area contributed by atoms with Crippen molar-refractivity contribution >= 4 is 17.5 Å². The van der Waals surface area contributed by atoms with E-state index < -0.39 is 0 Å². The van der Waals surface area contributed by atoms with Gasteiger partial charge in [-0.2, -0.15) is 0 Å². The first kappa shape index (κ1) is 16.8. The van der Waals surface area contributed by atoms with Crippen LogP contribution in [0.3, 0.4) is 0 Å². The minimum Gasteiger partial charge on any atom is -0.459 e. The molecule has 2 N–H and O–H groups in total. The molecule has 2 aromatic rings. The molecule has 1 heterocycles. The van der Waals surface area contributed by atoms with Crippen LogP contribution in [0, 0.1) is 0 Å². The lowest BCUT2D eigenvalue weighted by Crippen LogP contribution is -2.24. The number of nitrogens with one attached hydrogen (secondary N) is 2. The van der Waals surface area contributed by atoms with Crippen molar-refractivity contribution in [3.05, 3.63) is 54.0 Å². The first-order valence-corrected chi connectivity index (χ1v) is 7.94. The molecule has 0 aliphatic rings. The second-order valence-corrected chi connectivity index (χ2v) is 5.33. The largest absolute Gasteiger partial charge is 0.459 e. The van der Waals surface area contributed by atoms with E-state index in [-0.39, 0.29) is 17.6 Å². The molecule has 5 heteroatoms. The van der Waals surface area contributed by atoms with Crippen LogP contribution in [0.15, 0.2) is 47.1 Å². The van der Waals surface area contributed by atoms with Gasteiger partial charge in [-0.1, -0.05) is 26.2 Å². The number of carbonyl (C=O) groups is 2. The quantitative estimate of drug-likeness (QED) is 0.727. The van der Waals surface area contributed by atoms with E-state index in [4.69, 9.17) is 4.42 Å². The van der Waals surface area contributed by atoms with Gasteiger partial charge in [-0.15, -0.1) is 0 Å². The molecule has 1 aromatic carbocycles. The molecule has 0 saturated carbocycles. The molecule has 2 rings (SSSR count). The summed E-state index contributed by atoms with van der Waals surface area (Å²) in [4.78, 5) is 23.8. The summed E-state index contributed by atoms with van der Waals surface area (Å²) in [5.41, 5.74) is 1.20. The molecule has 2 amide bonds. The normalized spacial score (nSPS) is 10.3. The summed E-state index contributed by atoms with van der Waals surface area (Å²) in [6.45, 7) is 2.85. The average molecular weight is 314 g/mol. The van der Waals surface area contributed by atoms with Gasteiger partial charge in [-0.25, -0.2) is 0 Å². The lowest BCUT2D eigenvalue weighted by Gasteiger charge is -2.07. The molecular weight excluding hydrogens is 292 g/mol. The number of rotatable bonds is 8. The minimum absolute atomic E-state index is 0.0922. The summed E-state index contributed by atoms with van der Waals surface area (Å²) >= 11 is 0. The van der Waals surface area contributed by atoms with Gasteiger partial charge < -0.3 is 15.1 Å². The first-order valence-electron chi connectivity index (χ1n) is 7.94. The van der Waals surface area contributed by atoms with E-state index in [9.17, 15) is 9.59 Å². The minimum atomic E-state index is -0.317. The molecule has 5 nitrogen and oxygen atoms in total. The van der Waals surface area contributed by atoms with Crippen molar-refractivity contribution < 1.29 is 14.0 Å². The Morgan fingerprint density at radius 1 is 1.00 bits per heavy atom. The van der Waals surface area contributed by atoms with Gasteiger partial charge in [0.2, 0.25) is 0 Å². The van der Waals surface area contributed by atoms with E-state index in [1.807, 2.05) is 0 Å². The second kappa shape index (κ2) is 8.78. The third-order valence-electron chi connectivity index (χ3n) is 3.47. The number of carbonyl (C=O) groups excluding carboxylic acids is 2. The smallest absolute Gasteiger partial charge is 0.291 e. The maximum absolute atomic E-state index is 12.0. The molecule has 0 fully saturated rings. The van der Waals surface area contributed by atoms with Crippen molar-refractivity contribution in [1.29, 1.82) is 0 Å². The fraction of sp³-hybridized carbons (Fsp3) is 0.333. The first-order chi connectivity index (χ1) is 11.2. The topological polar surface area (TPSA) is 71.3 Å². The van der Waals surface area contributed by atoms with Crippen molar-refractivity contribution in [3.8, 4) is 0 Å². The summed E-state index contributed by atoms with van der Waals surface area (Å²) in [5.74, 6) is -0.160. The fourth-order valence-electron chi connectivity index (χ4n) is 2.16. The number of benzene rings is 1. The van der Waals surface area contributed by atoms with Crippen molar-refractivity contribution in [2.45, 2.75) is 32.6 Å². The Balaban J connectivity index is 1.81. The van der Waals surface area contributed by atoms with Crippen LogP contribution in [0.25, 0.3) is 0 Å². The van der Waals surface area contributed by atoms with E-state index >= 15 is 0 Å². The molecule has 23 heavy (non-hydrogen) atoms. The predicted molar refractivity (Wildman–Crippen MR) is 89.6 cm³/mol. The number of hydrogen-bond donors (Lipinski definition) is 2. The number of anilines is 1. The van der Waals surface area contributed by atoms with Crippen LogP contribution < -0.4 is 10.6 Å². The molecule has 0 unspecified atom stereocenters. The van der Waals surface area contributed by atoms with Gasteiger partial charge in [-0.05, 0) is 42.8 Å². The number of hydrogen-bond acceptors (Lipinski definition) is 3. The van der Waals surface area contributed by atoms with Gasteiger partial charge in [0, 0.05) is 17.8 Å². The molecule has 0 aliphatic heterocycles. The van der Waals surface area contributed by atoms with Crippen molar-refractivity contribution in [1.82, 2.24) is 5.32 Å². The Kier molecular flexibility index (Phi) is 6.41. The molecule has 1 aromatic heterocycles. The Labute approximate surface area is 136 Å². The highest BCUT2D eigenvalue weighted by Crippen LogP contribution is 2.12. The maximum Gasteiger partial charge on any atom is 0.291 e. The van der Waals surface area contributed by atoms with E-state index in [2.05, 4.69) is 17.6 Å². The third kappa shape index (κ3) is 5.29. The molecular formula is C18H22N2O3. The van der Waals surface area contributed by atoms with Gasteiger partial charge in [0.25, 0.3) is 11.8 Å². The third-order valence-corrected chi connectivity index (χ3v) is 3.47. The van der Waals surface area contributed by atoms with Crippen LogP contribution in [0.2, 0.25) is 0 Å². The highest BCUT2D eigenvalue weighted by Gasteiger charge is 2.09. The van der Waals surface area contributed by atoms with Gasteiger partial charge in [0.05, 0.1) is 6.26 Å². The van der Waals surface area contributed by atoms with E-state index in [1.165, 1.54) is 19.1 Å². The lowest BCUT2D eigenvalue weighted by molar-refractivity contribution is 0.0952. The summed E-state index contributed by atoms with van der Waals surface area (Å²) in [6, 6.07) is 10.0. The number of amides is 2. The van der Waals surface area contributed by atoms with Crippen molar-refractivity contribution in [2.75, 3.05) is 11.9 Å². The highest BCUT2D eigenvalue weighted by atomic mass is 16.3. The Bertz CT molecular complexity index is 618. The lowest BCUT2D eigenvalue weighted by atomic mass is 10.1. The second-order valence-electron chi connectivity index (χ2n) is 5.33. The Morgan fingerprint density at radius 3 is 2.43 bits per heavy atom. The molecule has 0 spiro atoms. The van der Waals surface area contributed by atoms with Crippen LogP contribution in [-0.4, -0.2) is 18.4 Å². The molecule has 0 atom stereocenters. The van der Waals surface area contributed by atoms with Gasteiger partial charge in [-0.3, -0.25) is 9.59 Å². The van der Waals surface area contributed by atoms with Gasteiger partial charge >= 0.3 is 0 Å². The standard InChI is InChI=1S/C18H22N2O3/c1-2-3-4-5-12-19-17(21)14-8-10-15(11-9-14)20-18(22)16-7-6-13-23-16/h6-11,13H,2-5,12H2,1H3,(H,19,21)(H,20,22). The zero-order valence-corrected chi connectivity index (χ0v) is 13.3. The molecule has 0 aliphatic carbocycles. The van der Waals surface area contributed by atoms with Crippen LogP contribution in [0.4, 0.5) is 5.69 Å². The average Bonchev–Trinajstić information content (AvgIpc) is 3.10. The Morgan fingerprint density at radius 2 is 1.78 bits per heavy atom. The predicted octanol–water partition coefficient (Wildman–Crippen LogP) is 3.84. The van der Waals surface area contributed by atoms with Gasteiger partial charge in [0.15, 0.2) is 5.76 Å². The molecule has 122 valence electrons. The monoisotopic (exact) mass is 314 g/mol. The van der Waals surface area contributed by atoms with Crippen LogP contribution in [-0.2, 0) is 0 Å². The summed E-state index contributed by atoms with van der Waals surface area (Å²) in [7, 11) is 0. The maximum atomic E-state index is 12.0. The summed E-state index contributed by atoms with van der Waals surface area (Å²) in [5, 5.41) is 5.61. The summed E-state index contributed by atoms with van der Waals surface area (Å²) < 4.78 is 5.03. The van der Waals surface area contributed by atoms with Crippen LogP contribution >= 0.6 is 0 Å². The van der Waals surface area contributed by atoms with Crippen molar-refractivity contribution in [2.24, 2.45) is 0 Å². The number of furan rings is 1. The fourth-order valence-corrected chi connectivity index (χ4v) is 2.16.